The van der Waals surface area contributed by atoms with Gasteiger partial charge in [-0.05, 0) is 39.2 Å². The lowest BCUT2D eigenvalue weighted by molar-refractivity contribution is 0.116. The molecule has 0 bridgehead atoms. The molecule has 0 aromatic carbocycles. The highest BCUT2D eigenvalue weighted by molar-refractivity contribution is 5.24. The predicted molar refractivity (Wildman–Crippen MR) is 85.4 cm³/mol. The van der Waals surface area contributed by atoms with E-state index in [4.69, 9.17) is 4.74 Å². The van der Waals surface area contributed by atoms with Crippen LogP contribution in [0.5, 0.6) is 0 Å². The molecular weight excluding hydrogens is 264 g/mol. The first-order valence-corrected chi connectivity index (χ1v) is 8.11. The molecule has 1 N–H and O–H groups in total. The molecule has 118 valence electrons. The zero-order valence-corrected chi connectivity index (χ0v) is 13.3. The number of methoxy groups -OCH3 is 1. The molecule has 2 rings (SSSR count). The van der Waals surface area contributed by atoms with Gasteiger partial charge < -0.3 is 10.1 Å². The molecular formula is C16H28N4O. The van der Waals surface area contributed by atoms with Gasteiger partial charge in [0.05, 0.1) is 0 Å². The number of nitrogens with one attached hydrogen (secondary N) is 1. The fourth-order valence-electron chi connectivity index (χ4n) is 2.98. The highest BCUT2D eigenvalue weighted by Gasteiger charge is 2.22. The van der Waals surface area contributed by atoms with E-state index in [9.17, 15) is 0 Å². The van der Waals surface area contributed by atoms with Crippen LogP contribution < -0.4 is 5.32 Å². The number of ether oxygens (including phenoxy) is 1. The summed E-state index contributed by atoms with van der Waals surface area (Å²) in [5.74, 6) is 0.719. The normalized spacial score (nSPS) is 19.6. The van der Waals surface area contributed by atoms with E-state index in [1.54, 1.807) is 7.11 Å². The highest BCUT2D eigenvalue weighted by Crippen LogP contribution is 2.22. The van der Waals surface area contributed by atoms with E-state index in [1.807, 2.05) is 12.4 Å². The van der Waals surface area contributed by atoms with Crippen molar-refractivity contribution in [2.75, 3.05) is 32.1 Å². The first kappa shape index (κ1) is 16.2. The van der Waals surface area contributed by atoms with E-state index in [1.165, 1.54) is 37.8 Å². The van der Waals surface area contributed by atoms with Crippen molar-refractivity contribution in [3.63, 3.8) is 0 Å². The molecule has 1 aliphatic heterocycles. The number of rotatable bonds is 8. The molecule has 0 amide bonds. The second kappa shape index (κ2) is 8.95. The van der Waals surface area contributed by atoms with Gasteiger partial charge in [-0.15, -0.1) is 0 Å². The number of nitrogens with zero attached hydrogens (tertiary/aromatic N) is 3. The molecule has 1 saturated heterocycles. The lowest BCUT2D eigenvalue weighted by Crippen LogP contribution is -2.39. The minimum absolute atomic E-state index is 0.683. The molecule has 0 aliphatic carbocycles. The summed E-state index contributed by atoms with van der Waals surface area (Å²) in [6.45, 7) is 5.92. The molecule has 1 aromatic rings. The molecule has 0 saturated carbocycles. The summed E-state index contributed by atoms with van der Waals surface area (Å²) in [4.78, 5) is 11.3. The topological polar surface area (TPSA) is 50.3 Å². The van der Waals surface area contributed by atoms with E-state index < -0.39 is 0 Å². The zero-order valence-electron chi connectivity index (χ0n) is 13.3. The van der Waals surface area contributed by atoms with Crippen molar-refractivity contribution in [1.82, 2.24) is 14.9 Å². The van der Waals surface area contributed by atoms with E-state index in [2.05, 4.69) is 27.1 Å². The van der Waals surface area contributed by atoms with Crippen LogP contribution in [0.15, 0.2) is 12.4 Å². The van der Waals surface area contributed by atoms with Gasteiger partial charge in [-0.2, -0.15) is 0 Å². The Morgan fingerprint density at radius 1 is 1.33 bits per heavy atom. The standard InChI is InChI=1S/C16H28N4O/c1-3-17-16-18-11-14(12-19-16)13-20-9-5-4-7-15(20)8-6-10-21-2/h11-12,15H,3-10,13H2,1-2H3,(H,17,18,19)/t15-/m0/s1. The van der Waals surface area contributed by atoms with Crippen molar-refractivity contribution in [2.45, 2.75) is 51.6 Å². The average Bonchev–Trinajstić information content (AvgIpc) is 2.51. The van der Waals surface area contributed by atoms with Crippen molar-refractivity contribution in [2.24, 2.45) is 0 Å². The lowest BCUT2D eigenvalue weighted by atomic mass is 9.97. The maximum Gasteiger partial charge on any atom is 0.222 e. The van der Waals surface area contributed by atoms with E-state index in [0.717, 1.165) is 32.1 Å². The van der Waals surface area contributed by atoms with Crippen molar-refractivity contribution in [3.05, 3.63) is 18.0 Å². The third-order valence-electron chi connectivity index (χ3n) is 4.06. The van der Waals surface area contributed by atoms with Crippen LogP contribution in [-0.2, 0) is 11.3 Å². The Morgan fingerprint density at radius 2 is 2.14 bits per heavy atom. The van der Waals surface area contributed by atoms with Crippen molar-refractivity contribution in [3.8, 4) is 0 Å². The van der Waals surface area contributed by atoms with Gasteiger partial charge in [0.2, 0.25) is 5.95 Å². The monoisotopic (exact) mass is 292 g/mol. The Morgan fingerprint density at radius 3 is 2.86 bits per heavy atom. The minimum atomic E-state index is 0.683. The number of likely N-dealkylation sites (tertiary alicyclic amines) is 1. The maximum absolute atomic E-state index is 5.18. The van der Waals surface area contributed by atoms with Gasteiger partial charge in [0.1, 0.15) is 0 Å². The van der Waals surface area contributed by atoms with E-state index in [-0.39, 0.29) is 0 Å². The molecule has 1 atom stereocenters. The fraction of sp³-hybridized carbons (Fsp3) is 0.750. The third kappa shape index (κ3) is 5.25. The fourth-order valence-corrected chi connectivity index (χ4v) is 2.98. The lowest BCUT2D eigenvalue weighted by Gasteiger charge is -2.35. The first-order chi connectivity index (χ1) is 10.3. The Bertz CT molecular complexity index is 396. The van der Waals surface area contributed by atoms with Crippen LogP contribution in [0.4, 0.5) is 5.95 Å². The zero-order chi connectivity index (χ0) is 14.9. The Balaban J connectivity index is 1.88. The number of anilines is 1. The molecule has 1 aliphatic rings. The Kier molecular flexibility index (Phi) is 6.89. The molecule has 0 unspecified atom stereocenters. The van der Waals surface area contributed by atoms with Gasteiger partial charge in [0, 0.05) is 50.8 Å². The van der Waals surface area contributed by atoms with Crippen LogP contribution in [0.3, 0.4) is 0 Å². The van der Waals surface area contributed by atoms with Gasteiger partial charge in [0.15, 0.2) is 0 Å². The van der Waals surface area contributed by atoms with Gasteiger partial charge >= 0.3 is 0 Å². The minimum Gasteiger partial charge on any atom is -0.385 e. The van der Waals surface area contributed by atoms with E-state index >= 15 is 0 Å². The summed E-state index contributed by atoms with van der Waals surface area (Å²) in [5.41, 5.74) is 1.20. The number of hydrogen-bond acceptors (Lipinski definition) is 5. The number of hydrogen-bond donors (Lipinski definition) is 1. The van der Waals surface area contributed by atoms with Crippen LogP contribution in [0.1, 0.15) is 44.6 Å². The van der Waals surface area contributed by atoms with Crippen LogP contribution in [-0.4, -0.2) is 47.7 Å². The largest absolute Gasteiger partial charge is 0.385 e. The van der Waals surface area contributed by atoms with Gasteiger partial charge in [-0.25, -0.2) is 9.97 Å². The second-order valence-corrected chi connectivity index (χ2v) is 5.70. The molecule has 1 fully saturated rings. The first-order valence-electron chi connectivity index (χ1n) is 8.11. The smallest absolute Gasteiger partial charge is 0.222 e. The Labute approximate surface area is 128 Å². The summed E-state index contributed by atoms with van der Waals surface area (Å²) in [6, 6.07) is 0.683. The van der Waals surface area contributed by atoms with Crippen molar-refractivity contribution >= 4 is 5.95 Å². The SMILES string of the molecule is CCNc1ncc(CN2CCCC[C@H]2CCCOC)cn1. The summed E-state index contributed by atoms with van der Waals surface area (Å²) in [6.07, 6.45) is 10.2. The molecule has 5 nitrogen and oxygen atoms in total. The van der Waals surface area contributed by atoms with Crippen LogP contribution >= 0.6 is 0 Å². The summed E-state index contributed by atoms with van der Waals surface area (Å²) >= 11 is 0. The number of piperidine rings is 1. The molecule has 2 heterocycles. The maximum atomic E-state index is 5.18. The van der Waals surface area contributed by atoms with Crippen LogP contribution in [0.25, 0.3) is 0 Å². The quantitative estimate of drug-likeness (QED) is 0.747. The van der Waals surface area contributed by atoms with Gasteiger partial charge in [-0.1, -0.05) is 6.42 Å². The summed E-state index contributed by atoms with van der Waals surface area (Å²) in [5, 5.41) is 3.13. The molecule has 5 heteroatoms. The predicted octanol–water partition coefficient (Wildman–Crippen LogP) is 2.69. The molecule has 21 heavy (non-hydrogen) atoms. The Hall–Kier alpha value is -1.20. The van der Waals surface area contributed by atoms with Crippen molar-refractivity contribution < 1.29 is 4.74 Å². The summed E-state index contributed by atoms with van der Waals surface area (Å²) < 4.78 is 5.18. The van der Waals surface area contributed by atoms with Crippen molar-refractivity contribution in [1.29, 1.82) is 0 Å². The van der Waals surface area contributed by atoms with Gasteiger partial charge in [0.25, 0.3) is 0 Å². The summed E-state index contributed by atoms with van der Waals surface area (Å²) in [7, 11) is 1.78. The molecule has 0 radical (unpaired) electrons. The van der Waals surface area contributed by atoms with Crippen LogP contribution in [0, 0.1) is 0 Å². The van der Waals surface area contributed by atoms with Crippen LogP contribution in [0.2, 0.25) is 0 Å². The van der Waals surface area contributed by atoms with E-state index in [0.29, 0.717) is 6.04 Å². The third-order valence-corrected chi connectivity index (χ3v) is 4.06. The van der Waals surface area contributed by atoms with Gasteiger partial charge in [-0.3, -0.25) is 4.90 Å². The molecule has 1 aromatic heterocycles. The second-order valence-electron chi connectivity index (χ2n) is 5.70. The highest BCUT2D eigenvalue weighted by atomic mass is 16.5. The number of aromatic nitrogens is 2. The average molecular weight is 292 g/mol. The molecule has 0 spiro atoms.